The maximum Gasteiger partial charge on any atom is 0.319 e. The highest BCUT2D eigenvalue weighted by molar-refractivity contribution is 5.94. The van der Waals surface area contributed by atoms with Crippen LogP contribution in [0.5, 0.6) is 0 Å². The molecule has 2 fully saturated rings. The maximum atomic E-state index is 13.2. The highest BCUT2D eigenvalue weighted by atomic mass is 16.2. The van der Waals surface area contributed by atoms with E-state index >= 15 is 0 Å². The molecule has 1 aromatic carbocycles. The van der Waals surface area contributed by atoms with Gasteiger partial charge < -0.3 is 25.8 Å². The van der Waals surface area contributed by atoms with E-state index in [9.17, 15) is 14.4 Å². The lowest BCUT2D eigenvalue weighted by molar-refractivity contribution is -0.134. The summed E-state index contributed by atoms with van der Waals surface area (Å²) < 4.78 is 0. The van der Waals surface area contributed by atoms with E-state index in [0.717, 1.165) is 56.4 Å². The zero-order chi connectivity index (χ0) is 25.3. The van der Waals surface area contributed by atoms with Gasteiger partial charge in [-0.05, 0) is 63.3 Å². The number of urea groups is 1. The first kappa shape index (κ1) is 25.5. The first-order valence-electron chi connectivity index (χ1n) is 12.9. The van der Waals surface area contributed by atoms with Crippen molar-refractivity contribution in [2.45, 2.75) is 45.1 Å². The van der Waals surface area contributed by atoms with Crippen LogP contribution in [0.3, 0.4) is 0 Å². The zero-order valence-electron chi connectivity index (χ0n) is 20.9. The summed E-state index contributed by atoms with van der Waals surface area (Å²) in [6.45, 7) is 4.98. The average Bonchev–Trinajstić information content (AvgIpc) is 2.93. The number of nitrogens with zero attached hydrogens (tertiary/aromatic N) is 3. The van der Waals surface area contributed by atoms with E-state index in [2.05, 4.69) is 25.8 Å². The second-order valence-electron chi connectivity index (χ2n) is 9.61. The number of pyridine rings is 1. The van der Waals surface area contributed by atoms with Crippen LogP contribution in [0.1, 0.15) is 37.7 Å². The molecule has 0 radical (unpaired) electrons. The highest BCUT2D eigenvalue weighted by Gasteiger charge is 2.30. The molecule has 0 bridgehead atoms. The van der Waals surface area contributed by atoms with Gasteiger partial charge in [-0.3, -0.25) is 14.6 Å². The molecular weight excluding hydrogens is 456 g/mol. The average molecular weight is 493 g/mol. The number of anilines is 2. The molecule has 1 unspecified atom stereocenters. The summed E-state index contributed by atoms with van der Waals surface area (Å²) in [7, 11) is 0. The van der Waals surface area contributed by atoms with Crippen molar-refractivity contribution in [1.82, 2.24) is 20.5 Å². The molecule has 3 N–H and O–H groups in total. The number of likely N-dealkylation sites (tertiary alicyclic amines) is 1. The number of carbonyl (C=O) groups is 3. The van der Waals surface area contributed by atoms with Crippen LogP contribution >= 0.6 is 0 Å². The zero-order valence-corrected chi connectivity index (χ0v) is 20.9. The van der Waals surface area contributed by atoms with Gasteiger partial charge in [-0.15, -0.1) is 0 Å². The van der Waals surface area contributed by atoms with Crippen molar-refractivity contribution in [3.63, 3.8) is 0 Å². The predicted octanol–water partition coefficient (Wildman–Crippen LogP) is 2.93. The third kappa shape index (κ3) is 6.96. The minimum atomic E-state index is -0.825. The second-order valence-corrected chi connectivity index (χ2v) is 9.61. The van der Waals surface area contributed by atoms with Crippen LogP contribution in [0.2, 0.25) is 0 Å². The van der Waals surface area contributed by atoms with Crippen molar-refractivity contribution in [2.24, 2.45) is 5.92 Å². The van der Waals surface area contributed by atoms with Crippen LogP contribution in [-0.2, 0) is 9.59 Å². The Labute approximate surface area is 212 Å². The first-order chi connectivity index (χ1) is 17.5. The molecule has 2 aliphatic heterocycles. The fourth-order valence-corrected chi connectivity index (χ4v) is 4.80. The fourth-order valence-electron chi connectivity index (χ4n) is 4.80. The lowest BCUT2D eigenvalue weighted by Gasteiger charge is -2.33. The van der Waals surface area contributed by atoms with Gasteiger partial charge in [0.25, 0.3) is 0 Å². The molecule has 3 heterocycles. The molecule has 192 valence electrons. The van der Waals surface area contributed by atoms with Crippen molar-refractivity contribution < 1.29 is 14.4 Å². The Morgan fingerprint density at radius 1 is 0.944 bits per heavy atom. The molecule has 0 saturated carbocycles. The van der Waals surface area contributed by atoms with Gasteiger partial charge >= 0.3 is 6.03 Å². The molecule has 4 amide bonds. The van der Waals surface area contributed by atoms with Crippen LogP contribution in [-0.4, -0.2) is 66.5 Å². The third-order valence-electron chi connectivity index (χ3n) is 6.95. The van der Waals surface area contributed by atoms with Gasteiger partial charge in [-0.25, -0.2) is 4.79 Å². The summed E-state index contributed by atoms with van der Waals surface area (Å²) in [6.07, 6.45) is 8.03. The second kappa shape index (κ2) is 12.4. The Kier molecular flexibility index (Phi) is 8.76. The molecule has 2 aromatic rings. The van der Waals surface area contributed by atoms with E-state index in [-0.39, 0.29) is 24.3 Å². The number of piperidine rings is 2. The summed E-state index contributed by atoms with van der Waals surface area (Å²) in [5.41, 5.74) is 2.85. The molecule has 4 rings (SSSR count). The van der Waals surface area contributed by atoms with E-state index in [1.165, 1.54) is 0 Å². The van der Waals surface area contributed by atoms with E-state index in [1.54, 1.807) is 17.3 Å². The molecular formula is C27H36N6O3. The van der Waals surface area contributed by atoms with Crippen molar-refractivity contribution in [3.05, 3.63) is 54.4 Å². The molecule has 2 aliphatic rings. The summed E-state index contributed by atoms with van der Waals surface area (Å²) in [6, 6.07) is 10.1. The lowest BCUT2D eigenvalue weighted by atomic mass is 9.95. The van der Waals surface area contributed by atoms with Gasteiger partial charge in [-0.2, -0.15) is 0 Å². The van der Waals surface area contributed by atoms with Gasteiger partial charge in [-0.1, -0.05) is 17.7 Å². The topological polar surface area (TPSA) is 107 Å². The Morgan fingerprint density at radius 2 is 1.61 bits per heavy atom. The molecule has 1 aromatic heterocycles. The largest absolute Gasteiger partial charge is 0.371 e. The highest BCUT2D eigenvalue weighted by Crippen LogP contribution is 2.22. The number of benzene rings is 1. The number of nitrogens with one attached hydrogen (secondary N) is 3. The predicted molar refractivity (Wildman–Crippen MR) is 140 cm³/mol. The van der Waals surface area contributed by atoms with E-state index in [4.69, 9.17) is 0 Å². The molecule has 0 spiro atoms. The van der Waals surface area contributed by atoms with Crippen LogP contribution in [0.25, 0.3) is 0 Å². The molecule has 36 heavy (non-hydrogen) atoms. The fraction of sp³-hybridized carbons (Fsp3) is 0.481. The van der Waals surface area contributed by atoms with E-state index < -0.39 is 12.1 Å². The summed E-state index contributed by atoms with van der Waals surface area (Å²) in [5, 5.41) is 8.53. The third-order valence-corrected chi connectivity index (χ3v) is 6.95. The molecule has 0 aliphatic carbocycles. The molecule has 9 nitrogen and oxygen atoms in total. The van der Waals surface area contributed by atoms with E-state index in [1.807, 2.05) is 43.3 Å². The lowest BCUT2D eigenvalue weighted by Crippen LogP contribution is -2.56. The minimum absolute atomic E-state index is 0.0680. The Hall–Kier alpha value is -3.62. The SMILES string of the molecule is Cc1ccc(NC(=O)NC(CNC(=O)C2CCN(c3ccncc3)CC2)C(=O)N2CCCCC2)cc1. The minimum Gasteiger partial charge on any atom is -0.371 e. The van der Waals surface area contributed by atoms with Gasteiger partial charge in [0.1, 0.15) is 6.04 Å². The van der Waals surface area contributed by atoms with Gasteiger partial charge in [0.2, 0.25) is 11.8 Å². The Balaban J connectivity index is 1.32. The van der Waals surface area contributed by atoms with Gasteiger partial charge in [0.15, 0.2) is 0 Å². The number of aromatic nitrogens is 1. The number of amides is 4. The molecule has 2 saturated heterocycles. The van der Waals surface area contributed by atoms with Crippen molar-refractivity contribution in [2.75, 3.05) is 42.9 Å². The van der Waals surface area contributed by atoms with E-state index in [0.29, 0.717) is 18.8 Å². The van der Waals surface area contributed by atoms with Crippen molar-refractivity contribution in [3.8, 4) is 0 Å². The van der Waals surface area contributed by atoms with Crippen molar-refractivity contribution in [1.29, 1.82) is 0 Å². The number of carbonyl (C=O) groups excluding carboxylic acids is 3. The molecule has 9 heteroatoms. The normalized spacial score (nSPS) is 17.2. The quantitative estimate of drug-likeness (QED) is 0.551. The summed E-state index contributed by atoms with van der Waals surface area (Å²) in [5.74, 6) is -0.335. The smallest absolute Gasteiger partial charge is 0.319 e. The van der Waals surface area contributed by atoms with Crippen LogP contribution < -0.4 is 20.9 Å². The number of aryl methyl sites for hydroxylation is 1. The maximum absolute atomic E-state index is 13.2. The van der Waals surface area contributed by atoms with Gasteiger partial charge in [0, 0.05) is 62.4 Å². The monoisotopic (exact) mass is 492 g/mol. The van der Waals surface area contributed by atoms with Crippen LogP contribution in [0, 0.1) is 12.8 Å². The number of hydrogen-bond acceptors (Lipinski definition) is 5. The van der Waals surface area contributed by atoms with Gasteiger partial charge in [0.05, 0.1) is 0 Å². The Morgan fingerprint density at radius 3 is 2.28 bits per heavy atom. The summed E-state index contributed by atoms with van der Waals surface area (Å²) in [4.78, 5) is 47.0. The first-order valence-corrected chi connectivity index (χ1v) is 12.9. The standard InChI is InChI=1S/C27H36N6O3/c1-20-5-7-22(8-6-20)30-27(36)31-24(26(35)33-15-3-2-4-16-33)19-29-25(34)21-11-17-32(18-12-21)23-9-13-28-14-10-23/h5-10,13-14,21,24H,2-4,11-12,15-19H2,1H3,(H,29,34)(H2,30,31,36). The van der Waals surface area contributed by atoms with Crippen molar-refractivity contribution >= 4 is 29.2 Å². The van der Waals surface area contributed by atoms with Crippen LogP contribution in [0.15, 0.2) is 48.8 Å². The summed E-state index contributed by atoms with van der Waals surface area (Å²) >= 11 is 0. The Bertz CT molecular complexity index is 1020. The molecule has 1 atom stereocenters. The number of hydrogen-bond donors (Lipinski definition) is 3. The van der Waals surface area contributed by atoms with Crippen LogP contribution in [0.4, 0.5) is 16.2 Å². The number of rotatable bonds is 7.